The lowest BCUT2D eigenvalue weighted by Gasteiger charge is -2.10. The smallest absolute Gasteiger partial charge is 0.161 e. The maximum atomic E-state index is 9.52. The van der Waals surface area contributed by atoms with Crippen LogP contribution in [0, 0.1) is 0 Å². The van der Waals surface area contributed by atoms with E-state index < -0.39 is 0 Å². The average molecular weight is 408 g/mol. The number of phenolic OH excluding ortho intramolecular Hbond substituents is 1. The van der Waals surface area contributed by atoms with E-state index in [1.54, 1.807) is 44.6 Å². The van der Waals surface area contributed by atoms with E-state index >= 15 is 0 Å². The molecule has 1 N–H and O–H groups in total. The molecular weight excluding hydrogens is 390 g/mol. The first-order valence-electron chi connectivity index (χ1n) is 8.87. The summed E-state index contributed by atoms with van der Waals surface area (Å²) in [7, 11) is 3.18. The van der Waals surface area contributed by atoms with E-state index in [1.165, 1.54) is 0 Å². The summed E-state index contributed by atoms with van der Waals surface area (Å²) in [4.78, 5) is 4.73. The highest BCUT2D eigenvalue weighted by Gasteiger charge is 2.11. The van der Waals surface area contributed by atoms with Crippen molar-refractivity contribution >= 4 is 28.3 Å². The molecule has 0 saturated carbocycles. The van der Waals surface area contributed by atoms with Gasteiger partial charge in [-0.2, -0.15) is 0 Å². The maximum Gasteiger partial charge on any atom is 0.161 e. The van der Waals surface area contributed by atoms with E-state index in [2.05, 4.69) is 0 Å². The Hall–Kier alpha value is -3.44. The SMILES string of the molecule is COc1ccc(-c2cc(=Nc3ccc(O)cc3)c3cc(Cl)ccc3o2)cc1OC. The van der Waals surface area contributed by atoms with E-state index in [4.69, 9.17) is 30.5 Å². The fourth-order valence-corrected chi connectivity index (χ4v) is 3.20. The molecule has 1 aromatic heterocycles. The molecule has 0 aliphatic heterocycles. The van der Waals surface area contributed by atoms with Gasteiger partial charge in [-0.1, -0.05) is 11.6 Å². The van der Waals surface area contributed by atoms with Gasteiger partial charge in [-0.25, -0.2) is 4.99 Å². The second kappa shape index (κ2) is 7.89. The molecule has 0 aliphatic carbocycles. The zero-order valence-corrected chi connectivity index (χ0v) is 16.6. The molecule has 1 heterocycles. The fourth-order valence-electron chi connectivity index (χ4n) is 3.03. The quantitative estimate of drug-likeness (QED) is 0.470. The van der Waals surface area contributed by atoms with E-state index in [0.29, 0.717) is 38.9 Å². The molecule has 0 bridgehead atoms. The predicted molar refractivity (Wildman–Crippen MR) is 113 cm³/mol. The number of benzene rings is 3. The fraction of sp³-hybridized carbons (Fsp3) is 0.0870. The monoisotopic (exact) mass is 407 g/mol. The van der Waals surface area contributed by atoms with Crippen LogP contribution in [0.25, 0.3) is 22.3 Å². The van der Waals surface area contributed by atoms with E-state index in [0.717, 1.165) is 10.9 Å². The van der Waals surface area contributed by atoms with Crippen molar-refractivity contribution < 1.29 is 19.0 Å². The Bertz CT molecular complexity index is 1250. The molecule has 0 radical (unpaired) electrons. The van der Waals surface area contributed by atoms with Crippen LogP contribution in [-0.2, 0) is 0 Å². The van der Waals surface area contributed by atoms with Gasteiger partial charge in [0.25, 0.3) is 0 Å². The molecule has 0 fully saturated rings. The van der Waals surface area contributed by atoms with Crippen LogP contribution in [-0.4, -0.2) is 19.3 Å². The van der Waals surface area contributed by atoms with Crippen LogP contribution in [0.5, 0.6) is 17.2 Å². The molecule has 3 aromatic carbocycles. The largest absolute Gasteiger partial charge is 0.508 e. The first-order valence-corrected chi connectivity index (χ1v) is 9.25. The van der Waals surface area contributed by atoms with Crippen molar-refractivity contribution in [2.75, 3.05) is 14.2 Å². The van der Waals surface area contributed by atoms with Crippen LogP contribution in [0.15, 0.2) is 76.1 Å². The number of aromatic hydroxyl groups is 1. The number of fused-ring (bicyclic) bond motifs is 1. The summed E-state index contributed by atoms with van der Waals surface area (Å²) in [5.74, 6) is 2.05. The summed E-state index contributed by atoms with van der Waals surface area (Å²) < 4.78 is 16.8. The first-order chi connectivity index (χ1) is 14.1. The predicted octanol–water partition coefficient (Wildman–Crippen LogP) is 5.71. The van der Waals surface area contributed by atoms with Gasteiger partial charge in [-0.05, 0) is 60.7 Å². The summed E-state index contributed by atoms with van der Waals surface area (Å²) in [5, 5.41) is 11.6. The molecule has 29 heavy (non-hydrogen) atoms. The van der Waals surface area contributed by atoms with Gasteiger partial charge in [0, 0.05) is 22.0 Å². The van der Waals surface area contributed by atoms with Crippen molar-refractivity contribution in [1.29, 1.82) is 0 Å². The van der Waals surface area contributed by atoms with Gasteiger partial charge in [-0.15, -0.1) is 0 Å². The van der Waals surface area contributed by atoms with Crippen LogP contribution >= 0.6 is 11.6 Å². The average Bonchev–Trinajstić information content (AvgIpc) is 2.75. The van der Waals surface area contributed by atoms with Crippen LogP contribution in [0.2, 0.25) is 5.02 Å². The second-order valence-corrected chi connectivity index (χ2v) is 6.77. The third kappa shape index (κ3) is 3.91. The molecule has 4 aromatic rings. The van der Waals surface area contributed by atoms with E-state index in [1.807, 2.05) is 36.4 Å². The van der Waals surface area contributed by atoms with Crippen molar-refractivity contribution in [3.63, 3.8) is 0 Å². The topological polar surface area (TPSA) is 64.2 Å². The standard InChI is InChI=1S/C23H18ClNO4/c1-27-21-9-3-14(11-23(21)28-2)22-13-19(25-16-5-7-17(26)8-6-16)18-12-15(24)4-10-20(18)29-22/h3-13,26H,1-2H3. The molecule has 146 valence electrons. The van der Waals surface area contributed by atoms with Crippen molar-refractivity contribution in [3.8, 4) is 28.6 Å². The van der Waals surface area contributed by atoms with Gasteiger partial charge in [0.2, 0.25) is 0 Å². The number of hydrogen-bond acceptors (Lipinski definition) is 5. The number of nitrogens with zero attached hydrogens (tertiary/aromatic N) is 1. The summed E-state index contributed by atoms with van der Waals surface area (Å²) in [6.07, 6.45) is 0. The molecule has 0 unspecified atom stereocenters. The highest BCUT2D eigenvalue weighted by molar-refractivity contribution is 6.31. The molecular formula is C23H18ClNO4. The maximum absolute atomic E-state index is 9.52. The zero-order valence-electron chi connectivity index (χ0n) is 15.8. The van der Waals surface area contributed by atoms with Gasteiger partial charge in [-0.3, -0.25) is 0 Å². The van der Waals surface area contributed by atoms with Crippen molar-refractivity contribution in [3.05, 3.63) is 77.1 Å². The van der Waals surface area contributed by atoms with E-state index in [9.17, 15) is 5.11 Å². The minimum Gasteiger partial charge on any atom is -0.508 e. The lowest BCUT2D eigenvalue weighted by molar-refractivity contribution is 0.355. The number of phenols is 1. The van der Waals surface area contributed by atoms with Crippen LogP contribution in [0.4, 0.5) is 5.69 Å². The van der Waals surface area contributed by atoms with Crippen molar-refractivity contribution in [2.24, 2.45) is 4.99 Å². The Kier molecular flexibility index (Phi) is 5.14. The molecule has 0 aliphatic rings. The Morgan fingerprint density at radius 3 is 2.34 bits per heavy atom. The summed E-state index contributed by atoms with van der Waals surface area (Å²) >= 11 is 6.20. The van der Waals surface area contributed by atoms with Crippen LogP contribution < -0.4 is 14.8 Å². The van der Waals surface area contributed by atoms with Gasteiger partial charge in [0.1, 0.15) is 17.1 Å². The third-order valence-corrected chi connectivity index (χ3v) is 4.71. The Morgan fingerprint density at radius 1 is 0.862 bits per heavy atom. The third-order valence-electron chi connectivity index (χ3n) is 4.47. The molecule has 4 rings (SSSR count). The van der Waals surface area contributed by atoms with Gasteiger partial charge in [0.15, 0.2) is 11.5 Å². The number of ether oxygens (including phenoxy) is 2. The van der Waals surface area contributed by atoms with Crippen LogP contribution in [0.3, 0.4) is 0 Å². The van der Waals surface area contributed by atoms with E-state index in [-0.39, 0.29) is 5.75 Å². The lowest BCUT2D eigenvalue weighted by atomic mass is 10.1. The number of hydrogen-bond donors (Lipinski definition) is 1. The van der Waals surface area contributed by atoms with Crippen molar-refractivity contribution in [2.45, 2.75) is 0 Å². The molecule has 0 amide bonds. The summed E-state index contributed by atoms with van der Waals surface area (Å²) in [6.45, 7) is 0. The minimum absolute atomic E-state index is 0.186. The molecule has 0 spiro atoms. The Balaban J connectivity index is 1.95. The minimum atomic E-state index is 0.186. The number of halogens is 1. The Morgan fingerprint density at radius 2 is 1.62 bits per heavy atom. The Labute approximate surface area is 172 Å². The van der Waals surface area contributed by atoms with Crippen LogP contribution in [0.1, 0.15) is 0 Å². The van der Waals surface area contributed by atoms with Gasteiger partial charge < -0.3 is 19.0 Å². The summed E-state index contributed by atoms with van der Waals surface area (Å²) in [5.41, 5.74) is 2.18. The summed E-state index contributed by atoms with van der Waals surface area (Å²) in [6, 6.07) is 19.5. The lowest BCUT2D eigenvalue weighted by Crippen LogP contribution is -2.03. The first kappa shape index (κ1) is 18.9. The second-order valence-electron chi connectivity index (χ2n) is 6.33. The molecule has 6 heteroatoms. The number of methoxy groups -OCH3 is 2. The zero-order chi connectivity index (χ0) is 20.4. The van der Waals surface area contributed by atoms with Crippen molar-refractivity contribution in [1.82, 2.24) is 0 Å². The molecule has 0 saturated heterocycles. The highest BCUT2D eigenvalue weighted by atomic mass is 35.5. The number of rotatable bonds is 4. The van der Waals surface area contributed by atoms with Gasteiger partial charge in [0.05, 0.1) is 25.3 Å². The molecule has 0 atom stereocenters. The highest BCUT2D eigenvalue weighted by Crippen LogP contribution is 2.33. The van der Waals surface area contributed by atoms with Gasteiger partial charge >= 0.3 is 0 Å². The normalized spacial score (nSPS) is 11.6. The molecule has 5 nitrogen and oxygen atoms in total.